The highest BCUT2D eigenvalue weighted by molar-refractivity contribution is 7.99. The van der Waals surface area contributed by atoms with Crippen molar-refractivity contribution in [2.45, 2.75) is 30.0 Å². The molecule has 28 heavy (non-hydrogen) atoms. The number of hydrogen-bond acceptors (Lipinski definition) is 5. The summed E-state index contributed by atoms with van der Waals surface area (Å²) >= 11 is 1.94. The lowest BCUT2D eigenvalue weighted by Crippen LogP contribution is -2.24. The number of thioether (sulfide) groups is 1. The molecule has 5 nitrogen and oxygen atoms in total. The highest BCUT2D eigenvalue weighted by atomic mass is 32.2. The van der Waals surface area contributed by atoms with E-state index < -0.39 is 0 Å². The molecule has 144 valence electrons. The molecule has 2 aliphatic rings. The number of aryl methyl sites for hydroxylation is 1. The van der Waals surface area contributed by atoms with Gasteiger partial charge in [-0.2, -0.15) is 5.10 Å². The SMILES string of the molecule is Cc1c(CN2CCC(c3ccc4c(c3)OCO4)Sc3ccccc32)cnn1C. The Labute approximate surface area is 169 Å². The maximum absolute atomic E-state index is 5.60. The van der Waals surface area contributed by atoms with Crippen LogP contribution in [-0.4, -0.2) is 23.1 Å². The Morgan fingerprint density at radius 3 is 2.86 bits per heavy atom. The van der Waals surface area contributed by atoms with Crippen molar-refractivity contribution < 1.29 is 9.47 Å². The van der Waals surface area contributed by atoms with E-state index in [4.69, 9.17) is 9.47 Å². The van der Waals surface area contributed by atoms with Gasteiger partial charge in [0.15, 0.2) is 11.5 Å². The Morgan fingerprint density at radius 1 is 1.14 bits per heavy atom. The zero-order chi connectivity index (χ0) is 19.1. The van der Waals surface area contributed by atoms with E-state index in [1.165, 1.54) is 27.4 Å². The first kappa shape index (κ1) is 17.5. The van der Waals surface area contributed by atoms with Gasteiger partial charge in [-0.25, -0.2) is 0 Å². The summed E-state index contributed by atoms with van der Waals surface area (Å²) in [4.78, 5) is 3.81. The minimum Gasteiger partial charge on any atom is -0.454 e. The molecule has 3 aromatic rings. The molecule has 2 aliphatic heterocycles. The molecule has 0 N–H and O–H groups in total. The second-order valence-electron chi connectivity index (χ2n) is 7.28. The summed E-state index contributed by atoms with van der Waals surface area (Å²) in [5.74, 6) is 1.70. The molecule has 0 fully saturated rings. The van der Waals surface area contributed by atoms with Gasteiger partial charge in [0.1, 0.15) is 0 Å². The minimum atomic E-state index is 0.317. The topological polar surface area (TPSA) is 39.5 Å². The van der Waals surface area contributed by atoms with Crippen LogP contribution in [0.2, 0.25) is 0 Å². The molecule has 0 saturated carbocycles. The van der Waals surface area contributed by atoms with E-state index in [2.05, 4.69) is 53.3 Å². The summed E-state index contributed by atoms with van der Waals surface area (Å²) in [6, 6.07) is 15.1. The van der Waals surface area contributed by atoms with Gasteiger partial charge < -0.3 is 14.4 Å². The van der Waals surface area contributed by atoms with Crippen LogP contribution in [0.25, 0.3) is 0 Å². The van der Waals surface area contributed by atoms with Crippen molar-refractivity contribution in [3.8, 4) is 11.5 Å². The Bertz CT molecular complexity index is 1020. The number of fused-ring (bicyclic) bond motifs is 2. The van der Waals surface area contributed by atoms with Crippen molar-refractivity contribution in [1.29, 1.82) is 0 Å². The zero-order valence-electron chi connectivity index (χ0n) is 16.1. The van der Waals surface area contributed by atoms with Gasteiger partial charge in [-0.1, -0.05) is 18.2 Å². The van der Waals surface area contributed by atoms with Gasteiger partial charge in [-0.15, -0.1) is 11.8 Å². The number of nitrogens with zero attached hydrogens (tertiary/aromatic N) is 3. The lowest BCUT2D eigenvalue weighted by molar-refractivity contribution is 0.174. The fourth-order valence-corrected chi connectivity index (χ4v) is 5.13. The van der Waals surface area contributed by atoms with Crippen LogP contribution in [0, 0.1) is 6.92 Å². The molecule has 0 aliphatic carbocycles. The standard InChI is InChI=1S/C22H23N3O2S/c1-15-17(12-23-24(15)2)13-25-10-9-21(28-22-6-4-3-5-18(22)25)16-7-8-19-20(11-16)27-14-26-19/h3-8,11-12,21H,9-10,13-14H2,1-2H3. The summed E-state index contributed by atoms with van der Waals surface area (Å²) < 4.78 is 13.0. The predicted molar refractivity (Wildman–Crippen MR) is 111 cm³/mol. The molecular weight excluding hydrogens is 370 g/mol. The molecule has 5 rings (SSSR count). The van der Waals surface area contributed by atoms with E-state index in [9.17, 15) is 0 Å². The molecule has 0 saturated heterocycles. The average molecular weight is 394 g/mol. The zero-order valence-corrected chi connectivity index (χ0v) is 16.9. The lowest BCUT2D eigenvalue weighted by Gasteiger charge is -2.24. The monoisotopic (exact) mass is 393 g/mol. The minimum absolute atomic E-state index is 0.317. The second-order valence-corrected chi connectivity index (χ2v) is 8.52. The molecule has 0 bridgehead atoms. The Morgan fingerprint density at radius 2 is 2.00 bits per heavy atom. The fraction of sp³-hybridized carbons (Fsp3) is 0.318. The fourth-order valence-electron chi connectivity index (χ4n) is 3.84. The molecule has 6 heteroatoms. The van der Waals surface area contributed by atoms with Crippen molar-refractivity contribution in [3.63, 3.8) is 0 Å². The third-order valence-corrected chi connectivity index (χ3v) is 6.99. The first-order chi connectivity index (χ1) is 13.7. The van der Waals surface area contributed by atoms with Gasteiger partial charge in [0.25, 0.3) is 0 Å². The van der Waals surface area contributed by atoms with E-state index in [-0.39, 0.29) is 0 Å². The normalized spacial score (nSPS) is 18.1. The predicted octanol–water partition coefficient (Wildman–Crippen LogP) is 4.70. The van der Waals surface area contributed by atoms with Crippen molar-refractivity contribution in [3.05, 3.63) is 65.5 Å². The molecule has 1 atom stereocenters. The van der Waals surface area contributed by atoms with Crippen LogP contribution < -0.4 is 14.4 Å². The van der Waals surface area contributed by atoms with E-state index >= 15 is 0 Å². The molecule has 2 aromatic carbocycles. The molecule has 1 aromatic heterocycles. The van der Waals surface area contributed by atoms with Crippen molar-refractivity contribution in [2.24, 2.45) is 7.05 Å². The Hall–Kier alpha value is -2.60. The molecule has 0 amide bonds. The van der Waals surface area contributed by atoms with Gasteiger partial charge >= 0.3 is 0 Å². The third kappa shape index (κ3) is 3.11. The van der Waals surface area contributed by atoms with Gasteiger partial charge in [0, 0.05) is 41.5 Å². The quantitative estimate of drug-likeness (QED) is 0.645. The first-order valence-electron chi connectivity index (χ1n) is 9.57. The van der Waals surface area contributed by atoms with Crippen LogP contribution in [0.3, 0.4) is 0 Å². The average Bonchev–Trinajstić information content (AvgIpc) is 3.25. The number of benzene rings is 2. The maximum atomic E-state index is 5.60. The van der Waals surface area contributed by atoms with E-state index in [1.807, 2.05) is 35.8 Å². The molecule has 0 spiro atoms. The number of anilines is 1. The maximum Gasteiger partial charge on any atom is 0.231 e. The van der Waals surface area contributed by atoms with E-state index in [1.54, 1.807) is 0 Å². The van der Waals surface area contributed by atoms with Crippen LogP contribution in [0.1, 0.15) is 28.5 Å². The summed E-state index contributed by atoms with van der Waals surface area (Å²) in [6.07, 6.45) is 3.06. The van der Waals surface area contributed by atoms with Crippen LogP contribution in [-0.2, 0) is 13.6 Å². The smallest absolute Gasteiger partial charge is 0.231 e. The number of ether oxygens (including phenoxy) is 2. The van der Waals surface area contributed by atoms with Crippen molar-refractivity contribution in [2.75, 3.05) is 18.2 Å². The van der Waals surface area contributed by atoms with E-state index in [0.29, 0.717) is 12.0 Å². The van der Waals surface area contributed by atoms with Crippen molar-refractivity contribution >= 4 is 17.4 Å². The van der Waals surface area contributed by atoms with Crippen LogP contribution in [0.15, 0.2) is 53.6 Å². The Kier molecular flexibility index (Phi) is 4.43. The number of aromatic nitrogens is 2. The highest BCUT2D eigenvalue weighted by Crippen LogP contribution is 2.47. The molecular formula is C22H23N3O2S. The van der Waals surface area contributed by atoms with Gasteiger partial charge in [0.2, 0.25) is 6.79 Å². The van der Waals surface area contributed by atoms with Gasteiger partial charge in [-0.05, 0) is 43.2 Å². The summed E-state index contributed by atoms with van der Waals surface area (Å²) in [5.41, 5.74) is 5.10. The van der Waals surface area contributed by atoms with Crippen LogP contribution >= 0.6 is 11.8 Å². The van der Waals surface area contributed by atoms with Crippen LogP contribution in [0.5, 0.6) is 11.5 Å². The lowest BCUT2D eigenvalue weighted by atomic mass is 10.1. The third-order valence-electron chi connectivity index (χ3n) is 5.60. The summed E-state index contributed by atoms with van der Waals surface area (Å²) in [6.45, 7) is 4.33. The Balaban J connectivity index is 1.45. The number of hydrogen-bond donors (Lipinski definition) is 0. The molecule has 3 heterocycles. The van der Waals surface area contributed by atoms with Crippen molar-refractivity contribution in [1.82, 2.24) is 9.78 Å². The summed E-state index contributed by atoms with van der Waals surface area (Å²) in [7, 11) is 2.00. The molecule has 1 unspecified atom stereocenters. The molecule has 0 radical (unpaired) electrons. The van der Waals surface area contributed by atoms with Crippen LogP contribution in [0.4, 0.5) is 5.69 Å². The second kappa shape index (κ2) is 7.09. The number of para-hydroxylation sites is 1. The van der Waals surface area contributed by atoms with E-state index in [0.717, 1.165) is 31.0 Å². The number of rotatable bonds is 3. The first-order valence-corrected chi connectivity index (χ1v) is 10.4. The van der Waals surface area contributed by atoms with Gasteiger partial charge in [0.05, 0.1) is 11.9 Å². The van der Waals surface area contributed by atoms with Gasteiger partial charge in [-0.3, -0.25) is 4.68 Å². The highest BCUT2D eigenvalue weighted by Gasteiger charge is 2.25. The summed E-state index contributed by atoms with van der Waals surface area (Å²) in [5, 5.41) is 4.80. The largest absolute Gasteiger partial charge is 0.454 e.